The normalized spacial score (nSPS) is 24.4. The van der Waals surface area contributed by atoms with E-state index in [9.17, 15) is 19.2 Å². The van der Waals surface area contributed by atoms with Crippen molar-refractivity contribution in [2.75, 3.05) is 19.7 Å². The van der Waals surface area contributed by atoms with Crippen LogP contribution < -0.4 is 5.32 Å². The van der Waals surface area contributed by atoms with Gasteiger partial charge in [0, 0.05) is 12.6 Å². The monoisotopic (exact) mass is 401 g/mol. The van der Waals surface area contributed by atoms with Crippen molar-refractivity contribution in [3.63, 3.8) is 0 Å². The number of carbonyl (C=O) groups is 4. The summed E-state index contributed by atoms with van der Waals surface area (Å²) in [5.41, 5.74) is -0.614. The second-order valence-electron chi connectivity index (χ2n) is 7.62. The molecule has 8 nitrogen and oxygen atoms in total. The van der Waals surface area contributed by atoms with Crippen LogP contribution in [0.25, 0.3) is 0 Å². The lowest BCUT2D eigenvalue weighted by atomic mass is 9.92. The Labute approximate surface area is 170 Å². The van der Waals surface area contributed by atoms with E-state index >= 15 is 0 Å². The molecule has 2 saturated heterocycles. The van der Waals surface area contributed by atoms with Crippen molar-refractivity contribution in [2.45, 2.75) is 51.1 Å². The van der Waals surface area contributed by atoms with Gasteiger partial charge in [0.1, 0.15) is 12.1 Å². The number of nitrogens with one attached hydrogen (secondary N) is 1. The van der Waals surface area contributed by atoms with E-state index in [2.05, 4.69) is 5.32 Å². The fourth-order valence-electron chi connectivity index (χ4n) is 3.96. The van der Waals surface area contributed by atoms with E-state index in [0.717, 1.165) is 30.6 Å². The van der Waals surface area contributed by atoms with Crippen LogP contribution in [-0.2, 0) is 24.7 Å². The number of likely N-dealkylation sites (tertiary alicyclic amines) is 1. The van der Waals surface area contributed by atoms with Crippen LogP contribution in [0.4, 0.5) is 4.79 Å². The van der Waals surface area contributed by atoms with Gasteiger partial charge in [-0.3, -0.25) is 19.3 Å². The van der Waals surface area contributed by atoms with Crippen LogP contribution in [0.1, 0.15) is 45.1 Å². The van der Waals surface area contributed by atoms with Gasteiger partial charge in [0.2, 0.25) is 0 Å². The third-order valence-electron chi connectivity index (χ3n) is 5.69. The highest BCUT2D eigenvalue weighted by molar-refractivity contribution is 6.08. The molecule has 2 atom stereocenters. The van der Waals surface area contributed by atoms with E-state index in [0.29, 0.717) is 12.1 Å². The number of hydrogen-bond donors (Lipinski definition) is 1. The molecule has 29 heavy (non-hydrogen) atoms. The first-order valence-corrected chi connectivity index (χ1v) is 10.0. The number of amides is 4. The lowest BCUT2D eigenvalue weighted by molar-refractivity contribution is -0.155. The highest BCUT2D eigenvalue weighted by Crippen LogP contribution is 2.28. The maximum atomic E-state index is 12.8. The maximum absolute atomic E-state index is 12.8. The number of carbonyl (C=O) groups excluding carboxylic acids is 4. The molecule has 2 fully saturated rings. The summed E-state index contributed by atoms with van der Waals surface area (Å²) in [7, 11) is 0. The molecule has 0 aromatic heterocycles. The summed E-state index contributed by atoms with van der Waals surface area (Å²) in [6, 6.07) is 8.34. The lowest BCUT2D eigenvalue weighted by Gasteiger charge is -2.35. The molecule has 8 heteroatoms. The van der Waals surface area contributed by atoms with E-state index in [1.165, 1.54) is 0 Å². The molecule has 2 aliphatic heterocycles. The molecule has 0 aliphatic carbocycles. The number of benzene rings is 1. The highest BCUT2D eigenvalue weighted by Gasteiger charge is 2.49. The van der Waals surface area contributed by atoms with Gasteiger partial charge in [0.05, 0.1) is 0 Å². The standard InChI is InChI=1S/C21H27N3O5/c1-3-16-11-7-8-12-23(16)17(25)14-29-18(26)13-24-19(27)21(2,22-20(24)28)15-9-5-4-6-10-15/h4-6,9-10,16H,3,7-8,11-14H2,1-2H3,(H,22,28)/t16-,21-/m0/s1. The molecule has 156 valence electrons. The first-order valence-electron chi connectivity index (χ1n) is 10.0. The summed E-state index contributed by atoms with van der Waals surface area (Å²) in [5, 5.41) is 2.64. The molecular weight excluding hydrogens is 374 g/mol. The van der Waals surface area contributed by atoms with Gasteiger partial charge in [0.25, 0.3) is 11.8 Å². The van der Waals surface area contributed by atoms with Gasteiger partial charge in [-0.1, -0.05) is 37.3 Å². The predicted molar refractivity (Wildman–Crippen MR) is 105 cm³/mol. The topological polar surface area (TPSA) is 96.0 Å². The largest absolute Gasteiger partial charge is 0.454 e. The Balaban J connectivity index is 1.57. The quantitative estimate of drug-likeness (QED) is 0.579. The number of hydrogen-bond acceptors (Lipinski definition) is 5. The molecule has 1 N–H and O–H groups in total. The Bertz CT molecular complexity index is 797. The molecule has 0 spiro atoms. The van der Waals surface area contributed by atoms with E-state index in [1.54, 1.807) is 36.1 Å². The minimum absolute atomic E-state index is 0.174. The summed E-state index contributed by atoms with van der Waals surface area (Å²) in [6.45, 7) is 3.38. The molecular formula is C21H27N3O5. The zero-order valence-electron chi connectivity index (χ0n) is 16.8. The van der Waals surface area contributed by atoms with Crippen molar-refractivity contribution >= 4 is 23.8 Å². The van der Waals surface area contributed by atoms with Crippen LogP contribution in [-0.4, -0.2) is 59.4 Å². The van der Waals surface area contributed by atoms with Crippen LogP contribution in [0.5, 0.6) is 0 Å². The van der Waals surface area contributed by atoms with Crippen LogP contribution in [0, 0.1) is 0 Å². The first-order chi connectivity index (χ1) is 13.9. The molecule has 0 radical (unpaired) electrons. The third kappa shape index (κ3) is 4.26. The highest BCUT2D eigenvalue weighted by atomic mass is 16.5. The minimum Gasteiger partial charge on any atom is -0.454 e. The molecule has 1 aromatic carbocycles. The maximum Gasteiger partial charge on any atom is 0.326 e. The van der Waals surface area contributed by atoms with E-state index in [-0.39, 0.29) is 18.6 Å². The zero-order chi connectivity index (χ0) is 21.0. The summed E-state index contributed by atoms with van der Waals surface area (Å²) in [6.07, 6.45) is 3.85. The summed E-state index contributed by atoms with van der Waals surface area (Å²) in [5.74, 6) is -1.56. The van der Waals surface area contributed by atoms with Crippen molar-refractivity contribution in [1.82, 2.24) is 15.1 Å². The molecule has 2 heterocycles. The second kappa shape index (κ2) is 8.63. The lowest BCUT2D eigenvalue weighted by Crippen LogP contribution is -2.46. The van der Waals surface area contributed by atoms with E-state index in [4.69, 9.17) is 4.74 Å². The average molecular weight is 401 g/mol. The molecule has 3 rings (SSSR count). The smallest absolute Gasteiger partial charge is 0.326 e. The molecule has 0 bridgehead atoms. The number of piperidine rings is 1. The van der Waals surface area contributed by atoms with Crippen molar-refractivity contribution in [3.8, 4) is 0 Å². The van der Waals surface area contributed by atoms with Crippen molar-refractivity contribution in [2.24, 2.45) is 0 Å². The van der Waals surface area contributed by atoms with Crippen LogP contribution in [0.3, 0.4) is 0 Å². The fourth-order valence-corrected chi connectivity index (χ4v) is 3.96. The Morgan fingerprint density at radius 1 is 1.21 bits per heavy atom. The molecule has 4 amide bonds. The third-order valence-corrected chi connectivity index (χ3v) is 5.69. The van der Waals surface area contributed by atoms with Crippen LogP contribution >= 0.6 is 0 Å². The van der Waals surface area contributed by atoms with Gasteiger partial charge in [-0.15, -0.1) is 0 Å². The van der Waals surface area contributed by atoms with Crippen LogP contribution in [0.2, 0.25) is 0 Å². The summed E-state index contributed by atoms with van der Waals surface area (Å²) in [4.78, 5) is 52.3. The summed E-state index contributed by atoms with van der Waals surface area (Å²) < 4.78 is 5.08. The van der Waals surface area contributed by atoms with Gasteiger partial charge in [-0.05, 0) is 38.2 Å². The number of urea groups is 1. The second-order valence-corrected chi connectivity index (χ2v) is 7.62. The van der Waals surface area contributed by atoms with Crippen molar-refractivity contribution < 1.29 is 23.9 Å². The Hall–Kier alpha value is -2.90. The fraction of sp³-hybridized carbons (Fsp3) is 0.524. The zero-order valence-corrected chi connectivity index (χ0v) is 16.8. The number of ether oxygens (including phenoxy) is 1. The molecule has 0 unspecified atom stereocenters. The van der Waals surface area contributed by atoms with Gasteiger partial charge < -0.3 is 15.0 Å². The predicted octanol–water partition coefficient (Wildman–Crippen LogP) is 1.79. The van der Waals surface area contributed by atoms with E-state index < -0.39 is 30.0 Å². The molecule has 0 saturated carbocycles. The number of rotatable bonds is 6. The number of imide groups is 1. The Morgan fingerprint density at radius 2 is 1.93 bits per heavy atom. The molecule has 2 aliphatic rings. The Morgan fingerprint density at radius 3 is 2.62 bits per heavy atom. The Kier molecular flexibility index (Phi) is 6.20. The van der Waals surface area contributed by atoms with Crippen molar-refractivity contribution in [1.29, 1.82) is 0 Å². The SMILES string of the molecule is CC[C@H]1CCCCN1C(=O)COC(=O)CN1C(=O)N[C@@](C)(c2ccccc2)C1=O. The average Bonchev–Trinajstić information content (AvgIpc) is 2.96. The van der Waals surface area contributed by atoms with Gasteiger partial charge >= 0.3 is 12.0 Å². The first kappa shape index (κ1) is 20.8. The van der Waals surface area contributed by atoms with Crippen molar-refractivity contribution in [3.05, 3.63) is 35.9 Å². The van der Waals surface area contributed by atoms with E-state index in [1.807, 2.05) is 13.0 Å². The summed E-state index contributed by atoms with van der Waals surface area (Å²) >= 11 is 0. The minimum atomic E-state index is -1.24. The number of nitrogens with zero attached hydrogens (tertiary/aromatic N) is 2. The van der Waals surface area contributed by atoms with Crippen LogP contribution in [0.15, 0.2) is 30.3 Å². The molecule has 1 aromatic rings. The van der Waals surface area contributed by atoms with Gasteiger partial charge in [0.15, 0.2) is 6.61 Å². The van der Waals surface area contributed by atoms with Gasteiger partial charge in [-0.25, -0.2) is 4.79 Å². The van der Waals surface area contributed by atoms with Gasteiger partial charge in [-0.2, -0.15) is 0 Å². The number of esters is 1.